The Kier molecular flexibility index (Phi) is 3.11. The van der Waals surface area contributed by atoms with E-state index in [0.29, 0.717) is 10.7 Å². The summed E-state index contributed by atoms with van der Waals surface area (Å²) in [5, 5.41) is 15.3. The van der Waals surface area contributed by atoms with E-state index in [4.69, 9.17) is 11.6 Å². The molecule has 0 unspecified atom stereocenters. The summed E-state index contributed by atoms with van der Waals surface area (Å²) in [6.07, 6.45) is 0. The van der Waals surface area contributed by atoms with Crippen LogP contribution in [0.4, 0.5) is 0 Å². The van der Waals surface area contributed by atoms with E-state index >= 15 is 0 Å². The highest BCUT2D eigenvalue weighted by molar-refractivity contribution is 6.33. The fourth-order valence-corrected chi connectivity index (χ4v) is 2.21. The second-order valence-corrected chi connectivity index (χ2v) is 5.75. The van der Waals surface area contributed by atoms with E-state index < -0.39 is 0 Å². The predicted octanol–water partition coefficient (Wildman–Crippen LogP) is 3.97. The lowest BCUT2D eigenvalue weighted by Gasteiger charge is -2.20. The molecule has 1 heterocycles. The highest BCUT2D eigenvalue weighted by Gasteiger charge is 2.23. The molecule has 0 atom stereocenters. The molecule has 0 radical (unpaired) electrons. The maximum atomic E-state index is 10.2. The summed E-state index contributed by atoms with van der Waals surface area (Å²) in [6, 6.07) is 7.39. The zero-order chi connectivity index (χ0) is 13.5. The molecule has 2 aromatic rings. The molecule has 0 fully saturated rings. The van der Waals surface area contributed by atoms with Gasteiger partial charge in [-0.15, -0.1) is 0 Å². The molecule has 18 heavy (non-hydrogen) atoms. The zero-order valence-electron chi connectivity index (χ0n) is 11.0. The molecule has 0 bridgehead atoms. The molecule has 4 heteroatoms. The summed E-state index contributed by atoms with van der Waals surface area (Å²) in [5.74, 6) is 0.193. The number of hydrogen-bond donors (Lipinski definition) is 1. The quantitative estimate of drug-likeness (QED) is 0.846. The Morgan fingerprint density at radius 1 is 1.22 bits per heavy atom. The molecule has 1 N–H and O–H groups in total. The van der Waals surface area contributed by atoms with Crippen LogP contribution >= 0.6 is 11.6 Å². The minimum absolute atomic E-state index is 0.179. The van der Waals surface area contributed by atoms with E-state index in [9.17, 15) is 5.11 Å². The molecular formula is C14H17ClN2O. The number of aromatic nitrogens is 2. The summed E-state index contributed by atoms with van der Waals surface area (Å²) in [6.45, 7) is 7.99. The van der Waals surface area contributed by atoms with Crippen LogP contribution in [0, 0.1) is 6.92 Å². The largest absolute Gasteiger partial charge is 0.504 e. The van der Waals surface area contributed by atoms with Gasteiger partial charge in [0.15, 0.2) is 5.75 Å². The molecule has 0 amide bonds. The first-order chi connectivity index (χ1) is 8.32. The molecule has 0 saturated heterocycles. The van der Waals surface area contributed by atoms with E-state index in [2.05, 4.69) is 5.10 Å². The molecule has 1 aromatic carbocycles. The number of nitrogens with zero attached hydrogens (tertiary/aromatic N) is 2. The lowest BCUT2D eigenvalue weighted by Crippen LogP contribution is -2.24. The van der Waals surface area contributed by atoms with Gasteiger partial charge in [-0.05, 0) is 33.8 Å². The number of rotatable bonds is 1. The SMILES string of the molecule is Cc1c(O)c(-c2ccccc2Cl)nn1C(C)(C)C. The van der Waals surface area contributed by atoms with Crippen LogP contribution in [0.5, 0.6) is 5.75 Å². The summed E-state index contributed by atoms with van der Waals surface area (Å²) in [7, 11) is 0. The van der Waals surface area contributed by atoms with Gasteiger partial charge in [0.2, 0.25) is 0 Å². The maximum absolute atomic E-state index is 10.2. The number of aromatic hydroxyl groups is 1. The topological polar surface area (TPSA) is 38.1 Å². The van der Waals surface area contributed by atoms with Crippen molar-refractivity contribution in [1.29, 1.82) is 0 Å². The van der Waals surface area contributed by atoms with Crippen LogP contribution in [0.1, 0.15) is 26.5 Å². The van der Waals surface area contributed by atoms with Gasteiger partial charge in [0, 0.05) is 5.56 Å². The van der Waals surface area contributed by atoms with Crippen molar-refractivity contribution in [2.24, 2.45) is 0 Å². The van der Waals surface area contributed by atoms with Crippen LogP contribution in [-0.2, 0) is 5.54 Å². The Balaban J connectivity index is 2.65. The third kappa shape index (κ3) is 2.10. The van der Waals surface area contributed by atoms with Crippen molar-refractivity contribution in [3.63, 3.8) is 0 Å². The fraction of sp³-hybridized carbons (Fsp3) is 0.357. The molecule has 0 saturated carbocycles. The molecule has 0 spiro atoms. The van der Waals surface area contributed by atoms with Gasteiger partial charge in [-0.2, -0.15) is 5.10 Å². The molecule has 0 aliphatic heterocycles. The Morgan fingerprint density at radius 2 is 1.83 bits per heavy atom. The molecule has 1 aromatic heterocycles. The van der Waals surface area contributed by atoms with Gasteiger partial charge < -0.3 is 5.11 Å². The fourth-order valence-electron chi connectivity index (χ4n) is 1.98. The van der Waals surface area contributed by atoms with Gasteiger partial charge in [0.05, 0.1) is 16.3 Å². The number of benzene rings is 1. The van der Waals surface area contributed by atoms with E-state index in [-0.39, 0.29) is 11.3 Å². The predicted molar refractivity (Wildman–Crippen MR) is 74.1 cm³/mol. The second-order valence-electron chi connectivity index (χ2n) is 5.35. The van der Waals surface area contributed by atoms with Crippen molar-refractivity contribution < 1.29 is 5.11 Å². The van der Waals surface area contributed by atoms with Gasteiger partial charge in [-0.3, -0.25) is 4.68 Å². The van der Waals surface area contributed by atoms with Gasteiger partial charge in [-0.1, -0.05) is 29.8 Å². The third-order valence-corrected chi connectivity index (χ3v) is 3.18. The molecule has 96 valence electrons. The van der Waals surface area contributed by atoms with Gasteiger partial charge in [0.1, 0.15) is 5.69 Å². The minimum Gasteiger partial charge on any atom is -0.504 e. The van der Waals surface area contributed by atoms with Gasteiger partial charge in [0.25, 0.3) is 0 Å². The summed E-state index contributed by atoms with van der Waals surface area (Å²) < 4.78 is 1.82. The van der Waals surface area contributed by atoms with E-state index in [1.807, 2.05) is 50.6 Å². The van der Waals surface area contributed by atoms with Crippen molar-refractivity contribution in [1.82, 2.24) is 9.78 Å². The Bertz CT molecular complexity index is 582. The van der Waals surface area contributed by atoms with Crippen LogP contribution in [0.2, 0.25) is 5.02 Å². The highest BCUT2D eigenvalue weighted by Crippen LogP contribution is 2.36. The lowest BCUT2D eigenvalue weighted by atomic mass is 10.1. The summed E-state index contributed by atoms with van der Waals surface area (Å²) in [5.41, 5.74) is 1.86. The van der Waals surface area contributed by atoms with Crippen molar-refractivity contribution in [2.75, 3.05) is 0 Å². The lowest BCUT2D eigenvalue weighted by molar-refractivity contribution is 0.345. The standard InChI is InChI=1S/C14H17ClN2O/c1-9-13(18)12(16-17(9)14(2,3)4)10-7-5-6-8-11(10)15/h5-8,18H,1-4H3. The average molecular weight is 265 g/mol. The number of halogens is 1. The van der Waals surface area contributed by atoms with E-state index in [1.54, 1.807) is 6.07 Å². The molecule has 2 rings (SSSR count). The monoisotopic (exact) mass is 264 g/mol. The Hall–Kier alpha value is -1.48. The Labute approximate surface area is 112 Å². The maximum Gasteiger partial charge on any atom is 0.164 e. The Morgan fingerprint density at radius 3 is 2.33 bits per heavy atom. The van der Waals surface area contributed by atoms with E-state index in [1.165, 1.54) is 0 Å². The van der Waals surface area contributed by atoms with Crippen LogP contribution in [-0.4, -0.2) is 14.9 Å². The highest BCUT2D eigenvalue weighted by atomic mass is 35.5. The van der Waals surface area contributed by atoms with Crippen molar-refractivity contribution in [2.45, 2.75) is 33.2 Å². The first-order valence-corrected chi connectivity index (χ1v) is 6.24. The molecule has 0 aliphatic carbocycles. The van der Waals surface area contributed by atoms with Gasteiger partial charge in [-0.25, -0.2) is 0 Å². The van der Waals surface area contributed by atoms with Crippen LogP contribution in [0.3, 0.4) is 0 Å². The van der Waals surface area contributed by atoms with Crippen molar-refractivity contribution in [3.8, 4) is 17.0 Å². The summed E-state index contributed by atoms with van der Waals surface area (Å²) >= 11 is 6.15. The molecular weight excluding hydrogens is 248 g/mol. The van der Waals surface area contributed by atoms with Crippen LogP contribution in [0.25, 0.3) is 11.3 Å². The molecule has 0 aliphatic rings. The third-order valence-electron chi connectivity index (χ3n) is 2.85. The smallest absolute Gasteiger partial charge is 0.164 e. The van der Waals surface area contributed by atoms with Crippen molar-refractivity contribution >= 4 is 11.6 Å². The zero-order valence-corrected chi connectivity index (χ0v) is 11.8. The second kappa shape index (κ2) is 4.32. The first-order valence-electron chi connectivity index (χ1n) is 5.86. The van der Waals surface area contributed by atoms with Gasteiger partial charge >= 0.3 is 0 Å². The average Bonchev–Trinajstić information content (AvgIpc) is 2.57. The van der Waals surface area contributed by atoms with Crippen LogP contribution in [0.15, 0.2) is 24.3 Å². The van der Waals surface area contributed by atoms with E-state index in [0.717, 1.165) is 11.3 Å². The molecule has 3 nitrogen and oxygen atoms in total. The summed E-state index contributed by atoms with van der Waals surface area (Å²) in [4.78, 5) is 0. The first kappa shape index (κ1) is 13.0. The number of hydrogen-bond acceptors (Lipinski definition) is 2. The normalized spacial score (nSPS) is 11.8. The van der Waals surface area contributed by atoms with Crippen LogP contribution < -0.4 is 0 Å². The minimum atomic E-state index is -0.179. The van der Waals surface area contributed by atoms with Crippen molar-refractivity contribution in [3.05, 3.63) is 35.0 Å².